The van der Waals surface area contributed by atoms with Gasteiger partial charge in [-0.1, -0.05) is 26.0 Å². The van der Waals surface area contributed by atoms with Gasteiger partial charge in [0.15, 0.2) is 5.82 Å². The minimum atomic E-state index is -4.78. The van der Waals surface area contributed by atoms with Crippen LogP contribution in [0.1, 0.15) is 36.7 Å². The lowest BCUT2D eigenvalue weighted by Crippen LogP contribution is -2.19. The van der Waals surface area contributed by atoms with Crippen LogP contribution in [-0.2, 0) is 28.9 Å². The SMILES string of the molecule is C=CC(=O)NCc1ccc2nc(N)c3nc(CCCC)n(Cc4cc(OP(=O)(O)O)ccc4O)c3c2c1. The number of nitrogens with zero attached hydrogens (tertiary/aromatic N) is 3. The molecule has 0 unspecified atom stereocenters. The highest BCUT2D eigenvalue weighted by molar-refractivity contribution is 7.46. The summed E-state index contributed by atoms with van der Waals surface area (Å²) in [4.78, 5) is 39.3. The summed E-state index contributed by atoms with van der Waals surface area (Å²) in [7, 11) is -4.78. The normalized spacial score (nSPS) is 11.6. The molecule has 0 saturated carbocycles. The summed E-state index contributed by atoms with van der Waals surface area (Å²) in [5.74, 6) is 0.548. The standard InChI is InChI=1S/C25H28N5O6P/c1-3-5-6-21-29-23-24(30(21)14-16-12-17(8-10-20(16)31)36-37(33,34)35)18-11-15(13-27-22(32)4-2)7-9-19(18)28-25(23)26/h4,7-12,31H,2-3,5-6,13-14H2,1H3,(H2,26,28)(H,27,32)(H2,33,34,35). The summed E-state index contributed by atoms with van der Waals surface area (Å²) in [5, 5.41) is 14.1. The summed E-state index contributed by atoms with van der Waals surface area (Å²) in [6.07, 6.45) is 3.64. The fourth-order valence-corrected chi connectivity index (χ4v) is 4.51. The molecule has 6 N–H and O–H groups in total. The van der Waals surface area contributed by atoms with Crippen LogP contribution in [0.4, 0.5) is 5.82 Å². The number of phenols is 1. The number of phenolic OH excluding ortho intramolecular Hbond substituents is 1. The molecule has 0 bridgehead atoms. The molecule has 11 nitrogen and oxygen atoms in total. The van der Waals surface area contributed by atoms with E-state index in [1.54, 1.807) is 0 Å². The number of phosphoric acid groups is 1. The Hall–Kier alpha value is -3.92. The number of hydrogen-bond acceptors (Lipinski definition) is 7. The summed E-state index contributed by atoms with van der Waals surface area (Å²) >= 11 is 0. The second-order valence-corrected chi connectivity index (χ2v) is 9.72. The van der Waals surface area contributed by atoms with Gasteiger partial charge in [0.05, 0.1) is 17.6 Å². The number of fused-ring (bicyclic) bond motifs is 3. The maximum atomic E-state index is 11.7. The molecule has 0 saturated heterocycles. The first kappa shape index (κ1) is 26.2. The van der Waals surface area contributed by atoms with Crippen molar-refractivity contribution in [2.45, 2.75) is 39.3 Å². The van der Waals surface area contributed by atoms with Crippen LogP contribution in [0.3, 0.4) is 0 Å². The number of unbranched alkanes of at least 4 members (excludes halogenated alkanes) is 1. The average Bonchev–Trinajstić information content (AvgIpc) is 3.21. The Morgan fingerprint density at radius 3 is 2.73 bits per heavy atom. The third-order valence-corrected chi connectivity index (χ3v) is 6.30. The number of aryl methyl sites for hydroxylation is 1. The first-order valence-corrected chi connectivity index (χ1v) is 13.2. The van der Waals surface area contributed by atoms with Crippen molar-refractivity contribution in [3.8, 4) is 11.5 Å². The van der Waals surface area contributed by atoms with Crippen molar-refractivity contribution in [1.29, 1.82) is 0 Å². The van der Waals surface area contributed by atoms with Crippen LogP contribution in [-0.4, -0.2) is 35.3 Å². The zero-order chi connectivity index (χ0) is 26.7. The molecule has 0 radical (unpaired) electrons. The van der Waals surface area contributed by atoms with Crippen molar-refractivity contribution in [3.05, 3.63) is 66.0 Å². The van der Waals surface area contributed by atoms with Gasteiger partial charge in [-0.3, -0.25) is 14.6 Å². The van der Waals surface area contributed by atoms with Crippen LogP contribution in [0, 0.1) is 0 Å². The number of aromatic nitrogens is 3. The molecule has 4 aromatic rings. The Morgan fingerprint density at radius 1 is 1.24 bits per heavy atom. The van der Waals surface area contributed by atoms with Crippen molar-refractivity contribution in [3.63, 3.8) is 0 Å². The third kappa shape index (κ3) is 5.91. The highest BCUT2D eigenvalue weighted by Crippen LogP contribution is 2.39. The first-order chi connectivity index (χ1) is 17.6. The van der Waals surface area contributed by atoms with Crippen molar-refractivity contribution in [2.75, 3.05) is 5.73 Å². The predicted molar refractivity (Wildman–Crippen MR) is 140 cm³/mol. The molecule has 37 heavy (non-hydrogen) atoms. The molecule has 2 aromatic heterocycles. The number of aromatic hydroxyl groups is 1. The predicted octanol–water partition coefficient (Wildman–Crippen LogP) is 3.54. The third-order valence-electron chi connectivity index (χ3n) is 5.86. The van der Waals surface area contributed by atoms with Crippen molar-refractivity contribution in [1.82, 2.24) is 19.9 Å². The molecule has 0 aliphatic heterocycles. The fourth-order valence-electron chi connectivity index (χ4n) is 4.12. The van der Waals surface area contributed by atoms with Gasteiger partial charge in [0.2, 0.25) is 5.91 Å². The Morgan fingerprint density at radius 2 is 2.03 bits per heavy atom. The lowest BCUT2D eigenvalue weighted by molar-refractivity contribution is -0.116. The second-order valence-electron chi connectivity index (χ2n) is 8.56. The minimum absolute atomic E-state index is 0.0690. The first-order valence-electron chi connectivity index (χ1n) is 11.6. The lowest BCUT2D eigenvalue weighted by atomic mass is 10.1. The van der Waals surface area contributed by atoms with Gasteiger partial charge in [-0.25, -0.2) is 14.5 Å². The molecule has 0 fully saturated rings. The second kappa shape index (κ2) is 10.6. The van der Waals surface area contributed by atoms with E-state index in [1.807, 2.05) is 22.8 Å². The Bertz CT molecular complexity index is 1540. The summed E-state index contributed by atoms with van der Waals surface area (Å²) in [6, 6.07) is 9.55. The van der Waals surface area contributed by atoms with Gasteiger partial charge in [0.25, 0.3) is 0 Å². The average molecular weight is 526 g/mol. The molecule has 4 rings (SSSR count). The molecule has 12 heteroatoms. The highest BCUT2D eigenvalue weighted by Gasteiger charge is 2.21. The molecule has 0 atom stereocenters. The number of nitrogen functional groups attached to an aromatic ring is 1. The fraction of sp³-hybridized carbons (Fsp3) is 0.240. The number of hydrogen-bond donors (Lipinski definition) is 5. The van der Waals surface area contributed by atoms with E-state index in [2.05, 4.69) is 23.8 Å². The van der Waals surface area contributed by atoms with Crippen molar-refractivity contribution in [2.24, 2.45) is 0 Å². The van der Waals surface area contributed by atoms with Crippen molar-refractivity contribution < 1.29 is 28.8 Å². The molecule has 2 heterocycles. The summed E-state index contributed by atoms with van der Waals surface area (Å²) < 4.78 is 18.0. The minimum Gasteiger partial charge on any atom is -0.508 e. The van der Waals surface area contributed by atoms with E-state index in [0.29, 0.717) is 28.5 Å². The molecular formula is C25H28N5O6P. The van der Waals surface area contributed by atoms with Crippen molar-refractivity contribution >= 4 is 41.5 Å². The van der Waals surface area contributed by atoms with E-state index in [1.165, 1.54) is 24.3 Å². The Kier molecular flexibility index (Phi) is 7.49. The molecule has 194 valence electrons. The molecule has 0 spiro atoms. The molecule has 1 amide bonds. The Balaban J connectivity index is 1.89. The van der Waals surface area contributed by atoms with Crippen LogP contribution in [0.15, 0.2) is 49.1 Å². The van der Waals surface area contributed by atoms with E-state index in [-0.39, 0.29) is 36.3 Å². The van der Waals surface area contributed by atoms with Crippen LogP contribution in [0.2, 0.25) is 0 Å². The maximum absolute atomic E-state index is 11.7. The molecular weight excluding hydrogens is 497 g/mol. The van der Waals surface area contributed by atoms with Gasteiger partial charge >= 0.3 is 7.82 Å². The Labute approximate surface area is 212 Å². The number of carbonyl (C=O) groups is 1. The number of amides is 1. The quantitative estimate of drug-likeness (QED) is 0.153. The lowest BCUT2D eigenvalue weighted by Gasteiger charge is -2.14. The van der Waals surface area contributed by atoms with E-state index >= 15 is 0 Å². The van der Waals surface area contributed by atoms with E-state index in [4.69, 9.17) is 15.2 Å². The molecule has 2 aromatic carbocycles. The van der Waals surface area contributed by atoms with Crippen LogP contribution in [0.5, 0.6) is 11.5 Å². The number of nitrogens with two attached hydrogens (primary N) is 1. The van der Waals surface area contributed by atoms with Crippen LogP contribution >= 0.6 is 7.82 Å². The number of anilines is 1. The zero-order valence-electron chi connectivity index (χ0n) is 20.2. The summed E-state index contributed by atoms with van der Waals surface area (Å²) in [6.45, 7) is 5.95. The largest absolute Gasteiger partial charge is 0.524 e. The topological polar surface area (TPSA) is 173 Å². The van der Waals surface area contributed by atoms with Gasteiger partial charge in [0.1, 0.15) is 22.8 Å². The van der Waals surface area contributed by atoms with Crippen LogP contribution in [0.25, 0.3) is 21.9 Å². The van der Waals surface area contributed by atoms with E-state index < -0.39 is 7.82 Å². The van der Waals surface area contributed by atoms with Gasteiger partial charge in [0, 0.05) is 23.9 Å². The van der Waals surface area contributed by atoms with Crippen LogP contribution < -0.4 is 15.6 Å². The number of pyridine rings is 1. The van der Waals surface area contributed by atoms with Gasteiger partial charge in [-0.05, 0) is 48.4 Å². The summed E-state index contributed by atoms with van der Waals surface area (Å²) in [5.41, 5.74) is 9.34. The number of benzene rings is 2. The molecule has 0 aliphatic carbocycles. The number of nitrogens with one attached hydrogen (secondary N) is 1. The zero-order valence-corrected chi connectivity index (χ0v) is 21.1. The number of rotatable bonds is 10. The van der Waals surface area contributed by atoms with E-state index in [9.17, 15) is 24.3 Å². The van der Waals surface area contributed by atoms with E-state index in [0.717, 1.165) is 29.6 Å². The number of carbonyl (C=O) groups excluding carboxylic acids is 1. The number of phosphoric ester groups is 1. The maximum Gasteiger partial charge on any atom is 0.524 e. The number of imidazole rings is 1. The molecule has 0 aliphatic rings. The smallest absolute Gasteiger partial charge is 0.508 e. The monoisotopic (exact) mass is 525 g/mol. The van der Waals surface area contributed by atoms with Gasteiger partial charge in [-0.15, -0.1) is 0 Å². The van der Waals surface area contributed by atoms with Gasteiger partial charge in [-0.2, -0.15) is 0 Å². The van der Waals surface area contributed by atoms with Gasteiger partial charge < -0.3 is 25.2 Å². The highest BCUT2D eigenvalue weighted by atomic mass is 31.2.